The molecule has 2 N–H and O–H groups in total. The van der Waals surface area contributed by atoms with Crippen LogP contribution in [-0.4, -0.2) is 24.1 Å². The van der Waals surface area contributed by atoms with Crippen molar-refractivity contribution in [3.05, 3.63) is 47.4 Å². The number of hydrogen-bond acceptors (Lipinski definition) is 5. The van der Waals surface area contributed by atoms with E-state index in [1.807, 2.05) is 9.13 Å². The van der Waals surface area contributed by atoms with E-state index in [0.717, 1.165) is 25.2 Å². The second-order valence-corrected chi connectivity index (χ2v) is 4.49. The van der Waals surface area contributed by atoms with Gasteiger partial charge in [-0.25, -0.2) is 15.0 Å². The Morgan fingerprint density at radius 1 is 1.10 bits per heavy atom. The summed E-state index contributed by atoms with van der Waals surface area (Å²) in [5.74, 6) is 0.397. The molecule has 0 radical (unpaired) electrons. The number of nitrogen functional groups attached to an aromatic ring is 1. The van der Waals surface area contributed by atoms with Crippen LogP contribution in [0.1, 0.15) is 6.42 Å². The normalized spacial score (nSPS) is 11.0. The van der Waals surface area contributed by atoms with E-state index in [1.165, 1.54) is 6.33 Å². The Morgan fingerprint density at radius 2 is 1.90 bits per heavy atom. The zero-order chi connectivity index (χ0) is 13.9. The molecular formula is C13H14N6O. The van der Waals surface area contributed by atoms with Crippen LogP contribution in [0.5, 0.6) is 0 Å². The number of imidazole rings is 1. The van der Waals surface area contributed by atoms with Crippen LogP contribution in [0.4, 0.5) is 5.82 Å². The summed E-state index contributed by atoms with van der Waals surface area (Å²) < 4.78 is 3.93. The highest BCUT2D eigenvalue weighted by Gasteiger charge is 2.06. The minimum absolute atomic E-state index is 0.0222. The number of rotatable bonds is 4. The van der Waals surface area contributed by atoms with Crippen LogP contribution in [0, 0.1) is 0 Å². The lowest BCUT2D eigenvalue weighted by molar-refractivity contribution is 0.567. The van der Waals surface area contributed by atoms with Gasteiger partial charge in [0.25, 0.3) is 0 Å². The number of aryl methyl sites for hydroxylation is 2. The van der Waals surface area contributed by atoms with Gasteiger partial charge >= 0.3 is 0 Å². The lowest BCUT2D eigenvalue weighted by Gasteiger charge is -2.06. The number of pyridine rings is 1. The number of hydrogen-bond donors (Lipinski definition) is 1. The molecule has 0 unspecified atom stereocenters. The highest BCUT2D eigenvalue weighted by Crippen LogP contribution is 2.14. The van der Waals surface area contributed by atoms with Crippen LogP contribution in [0.2, 0.25) is 0 Å². The van der Waals surface area contributed by atoms with Gasteiger partial charge in [-0.1, -0.05) is 0 Å². The average molecular weight is 270 g/mol. The van der Waals surface area contributed by atoms with E-state index in [2.05, 4.69) is 15.0 Å². The lowest BCUT2D eigenvalue weighted by atomic mass is 10.4. The molecule has 0 saturated heterocycles. The second kappa shape index (κ2) is 5.12. The van der Waals surface area contributed by atoms with Crippen molar-refractivity contribution in [2.45, 2.75) is 19.5 Å². The third-order valence-electron chi connectivity index (χ3n) is 3.11. The van der Waals surface area contributed by atoms with E-state index in [9.17, 15) is 4.79 Å². The third kappa shape index (κ3) is 2.37. The summed E-state index contributed by atoms with van der Waals surface area (Å²) in [7, 11) is 0. The Hall–Kier alpha value is -2.70. The molecule has 0 saturated carbocycles. The Balaban J connectivity index is 1.70. The molecule has 0 aromatic carbocycles. The molecule has 0 aliphatic heterocycles. The van der Waals surface area contributed by atoms with Crippen LogP contribution < -0.4 is 11.2 Å². The first kappa shape index (κ1) is 12.3. The zero-order valence-electron chi connectivity index (χ0n) is 10.8. The zero-order valence-corrected chi connectivity index (χ0v) is 10.8. The first-order valence-corrected chi connectivity index (χ1v) is 6.31. The molecule has 3 rings (SSSR count). The number of fused-ring (bicyclic) bond motifs is 1. The molecule has 0 aliphatic rings. The van der Waals surface area contributed by atoms with E-state index in [1.54, 1.807) is 30.9 Å². The maximum atomic E-state index is 11.0. The summed E-state index contributed by atoms with van der Waals surface area (Å²) >= 11 is 0. The molecule has 3 aromatic rings. The van der Waals surface area contributed by atoms with Crippen molar-refractivity contribution in [2.24, 2.45) is 0 Å². The standard InChI is InChI=1S/C13H14N6O/c14-12-11-13(16-8-15-12)19(9-17-11)5-1-4-18-6-2-10(20)3-7-18/h2-3,6-9H,1,4-5H2,(H2,14,15,16). The average Bonchev–Trinajstić information content (AvgIpc) is 2.86. The second-order valence-electron chi connectivity index (χ2n) is 4.49. The Morgan fingerprint density at radius 3 is 2.70 bits per heavy atom. The first-order valence-electron chi connectivity index (χ1n) is 6.31. The molecule has 0 atom stereocenters. The monoisotopic (exact) mass is 270 g/mol. The highest BCUT2D eigenvalue weighted by molar-refractivity contribution is 5.80. The summed E-state index contributed by atoms with van der Waals surface area (Å²) in [4.78, 5) is 23.3. The van der Waals surface area contributed by atoms with Gasteiger partial charge in [0.1, 0.15) is 11.8 Å². The van der Waals surface area contributed by atoms with Crippen molar-refractivity contribution in [3.8, 4) is 0 Å². The number of anilines is 1. The van der Waals surface area contributed by atoms with Gasteiger partial charge < -0.3 is 14.9 Å². The molecule has 0 spiro atoms. The van der Waals surface area contributed by atoms with Crippen LogP contribution in [0.3, 0.4) is 0 Å². The minimum Gasteiger partial charge on any atom is -0.382 e. The Bertz CT molecular complexity index is 770. The Kier molecular flexibility index (Phi) is 3.16. The molecule has 0 aliphatic carbocycles. The van der Waals surface area contributed by atoms with Crippen molar-refractivity contribution in [1.82, 2.24) is 24.1 Å². The van der Waals surface area contributed by atoms with Crippen LogP contribution in [-0.2, 0) is 13.1 Å². The van der Waals surface area contributed by atoms with E-state index < -0.39 is 0 Å². The molecular weight excluding hydrogens is 256 g/mol. The van der Waals surface area contributed by atoms with Crippen molar-refractivity contribution in [3.63, 3.8) is 0 Å². The van der Waals surface area contributed by atoms with Crippen molar-refractivity contribution >= 4 is 17.0 Å². The smallest absolute Gasteiger partial charge is 0.181 e. The first-order chi connectivity index (χ1) is 9.74. The largest absolute Gasteiger partial charge is 0.382 e. The maximum Gasteiger partial charge on any atom is 0.181 e. The number of nitrogens with zero attached hydrogens (tertiary/aromatic N) is 5. The molecule has 7 heteroatoms. The van der Waals surface area contributed by atoms with Gasteiger partial charge in [0.15, 0.2) is 16.9 Å². The third-order valence-corrected chi connectivity index (χ3v) is 3.11. The van der Waals surface area contributed by atoms with Gasteiger partial charge in [0.05, 0.1) is 6.33 Å². The van der Waals surface area contributed by atoms with Crippen molar-refractivity contribution in [1.29, 1.82) is 0 Å². The van der Waals surface area contributed by atoms with E-state index in [0.29, 0.717) is 11.3 Å². The molecule has 7 nitrogen and oxygen atoms in total. The molecule has 0 amide bonds. The van der Waals surface area contributed by atoms with E-state index in [-0.39, 0.29) is 5.43 Å². The molecule has 3 aromatic heterocycles. The van der Waals surface area contributed by atoms with Gasteiger partial charge in [-0.2, -0.15) is 0 Å². The van der Waals surface area contributed by atoms with Crippen molar-refractivity contribution in [2.75, 3.05) is 5.73 Å². The van der Waals surface area contributed by atoms with Crippen LogP contribution >= 0.6 is 0 Å². The minimum atomic E-state index is 0.0222. The number of nitrogens with two attached hydrogens (primary N) is 1. The fourth-order valence-electron chi connectivity index (χ4n) is 2.08. The number of aromatic nitrogens is 5. The maximum absolute atomic E-state index is 11.0. The van der Waals surface area contributed by atoms with Gasteiger partial charge in [0, 0.05) is 37.6 Å². The van der Waals surface area contributed by atoms with Crippen LogP contribution in [0.25, 0.3) is 11.2 Å². The summed E-state index contributed by atoms with van der Waals surface area (Å²) in [6.07, 6.45) is 7.64. The summed E-state index contributed by atoms with van der Waals surface area (Å²) in [6, 6.07) is 3.11. The SMILES string of the molecule is Nc1ncnc2c1ncn2CCCn1ccc(=O)cc1. The molecule has 0 fully saturated rings. The Labute approximate surface area is 114 Å². The topological polar surface area (TPSA) is 91.6 Å². The van der Waals surface area contributed by atoms with Crippen LogP contribution in [0.15, 0.2) is 42.0 Å². The molecule has 102 valence electrons. The van der Waals surface area contributed by atoms with Gasteiger partial charge in [-0.3, -0.25) is 4.79 Å². The van der Waals surface area contributed by atoms with Crippen molar-refractivity contribution < 1.29 is 0 Å². The van der Waals surface area contributed by atoms with E-state index in [4.69, 9.17) is 5.73 Å². The summed E-state index contributed by atoms with van der Waals surface area (Å²) in [5, 5.41) is 0. The highest BCUT2D eigenvalue weighted by atomic mass is 16.1. The van der Waals surface area contributed by atoms with E-state index >= 15 is 0 Å². The van der Waals surface area contributed by atoms with Gasteiger partial charge in [-0.05, 0) is 6.42 Å². The molecule has 0 bridgehead atoms. The fraction of sp³-hybridized carbons (Fsp3) is 0.231. The lowest BCUT2D eigenvalue weighted by Crippen LogP contribution is -2.06. The summed E-state index contributed by atoms with van der Waals surface area (Å²) in [6.45, 7) is 1.60. The van der Waals surface area contributed by atoms with Gasteiger partial charge in [0.2, 0.25) is 0 Å². The predicted molar refractivity (Wildman–Crippen MR) is 75.1 cm³/mol. The van der Waals surface area contributed by atoms with Gasteiger partial charge in [-0.15, -0.1) is 0 Å². The summed E-state index contributed by atoms with van der Waals surface area (Å²) in [5.41, 5.74) is 7.15. The quantitative estimate of drug-likeness (QED) is 0.752. The molecule has 20 heavy (non-hydrogen) atoms. The fourth-order valence-corrected chi connectivity index (χ4v) is 2.08. The molecule has 3 heterocycles. The predicted octanol–water partition coefficient (Wildman–Crippen LogP) is 0.660.